The average Bonchev–Trinajstić information content (AvgIpc) is 2.94. The second kappa shape index (κ2) is 6.35. The van der Waals surface area contributed by atoms with Gasteiger partial charge < -0.3 is 15.0 Å². The highest BCUT2D eigenvalue weighted by atomic mass is 16.5. The molecule has 0 spiro atoms. The van der Waals surface area contributed by atoms with Crippen molar-refractivity contribution in [3.8, 4) is 0 Å². The van der Waals surface area contributed by atoms with Crippen LogP contribution in [0, 0.1) is 6.92 Å². The van der Waals surface area contributed by atoms with Gasteiger partial charge in [0, 0.05) is 5.69 Å². The summed E-state index contributed by atoms with van der Waals surface area (Å²) in [6, 6.07) is 11.9. The molecule has 2 N–H and O–H groups in total. The quantitative estimate of drug-likeness (QED) is 0.693. The molecule has 1 heterocycles. The fourth-order valence-corrected chi connectivity index (χ4v) is 2.64. The number of hydrogen-bond acceptors (Lipinski definition) is 4. The van der Waals surface area contributed by atoms with E-state index in [4.69, 9.17) is 4.74 Å². The van der Waals surface area contributed by atoms with E-state index in [9.17, 15) is 4.79 Å². The topological polar surface area (TPSA) is 67.0 Å². The minimum atomic E-state index is -0.351. The van der Waals surface area contributed by atoms with Gasteiger partial charge in [-0.1, -0.05) is 26.0 Å². The number of benzene rings is 2. The number of methoxy groups -OCH3 is 1. The zero-order valence-electron chi connectivity index (χ0n) is 14.3. The largest absolute Gasteiger partial charge is 0.465 e. The Labute approximate surface area is 141 Å². The van der Waals surface area contributed by atoms with E-state index in [2.05, 4.69) is 41.3 Å². The van der Waals surface area contributed by atoms with Crippen LogP contribution in [0.15, 0.2) is 36.4 Å². The molecule has 5 heteroatoms. The van der Waals surface area contributed by atoms with Crippen LogP contribution in [-0.4, -0.2) is 23.0 Å². The molecule has 0 atom stereocenters. The number of H-pyrrole nitrogens is 1. The molecule has 5 nitrogen and oxygen atoms in total. The van der Waals surface area contributed by atoms with Crippen LogP contribution in [0.5, 0.6) is 0 Å². The lowest BCUT2D eigenvalue weighted by Crippen LogP contribution is -2.03. The number of imidazole rings is 1. The van der Waals surface area contributed by atoms with E-state index in [1.54, 1.807) is 6.07 Å². The lowest BCUT2D eigenvalue weighted by molar-refractivity contribution is 0.0600. The molecule has 124 valence electrons. The Hall–Kier alpha value is -2.82. The number of nitrogens with zero attached hydrogens (tertiary/aromatic N) is 1. The molecule has 0 saturated carbocycles. The van der Waals surface area contributed by atoms with Crippen molar-refractivity contribution in [2.45, 2.75) is 26.7 Å². The molecule has 3 aromatic rings. The van der Waals surface area contributed by atoms with Crippen LogP contribution in [0.1, 0.15) is 41.3 Å². The molecule has 1 aromatic heterocycles. The minimum Gasteiger partial charge on any atom is -0.465 e. The van der Waals surface area contributed by atoms with Crippen LogP contribution < -0.4 is 5.32 Å². The molecule has 0 unspecified atom stereocenters. The molecule has 0 saturated heterocycles. The lowest BCUT2D eigenvalue weighted by atomic mass is 10.0. The SMILES string of the molecule is COC(=O)c1cc2nc(Nc3ccc(C(C)C)cc3)[nH]c2cc1C. The Morgan fingerprint density at radius 3 is 2.54 bits per heavy atom. The number of ether oxygens (including phenoxy) is 1. The third-order valence-corrected chi connectivity index (χ3v) is 4.07. The number of rotatable bonds is 4. The van der Waals surface area contributed by atoms with Crippen molar-refractivity contribution >= 4 is 28.6 Å². The van der Waals surface area contributed by atoms with Crippen molar-refractivity contribution in [3.63, 3.8) is 0 Å². The van der Waals surface area contributed by atoms with Gasteiger partial charge in [0.15, 0.2) is 0 Å². The molecule has 0 aliphatic rings. The molecular formula is C19H21N3O2. The fourth-order valence-electron chi connectivity index (χ4n) is 2.64. The lowest BCUT2D eigenvalue weighted by Gasteiger charge is -2.07. The number of aromatic nitrogens is 2. The van der Waals surface area contributed by atoms with Gasteiger partial charge in [-0.25, -0.2) is 9.78 Å². The summed E-state index contributed by atoms with van der Waals surface area (Å²) in [5.74, 6) is 0.796. The van der Waals surface area contributed by atoms with Crippen LogP contribution in [0.25, 0.3) is 11.0 Å². The van der Waals surface area contributed by atoms with Crippen molar-refractivity contribution < 1.29 is 9.53 Å². The van der Waals surface area contributed by atoms with E-state index >= 15 is 0 Å². The highest BCUT2D eigenvalue weighted by Crippen LogP contribution is 2.23. The minimum absolute atomic E-state index is 0.351. The standard InChI is InChI=1S/C19H21N3O2/c1-11(2)13-5-7-14(8-6-13)20-19-21-16-9-12(3)15(18(23)24-4)10-17(16)22-19/h5-11H,1-4H3,(H2,20,21,22). The first kappa shape index (κ1) is 16.1. The maximum absolute atomic E-state index is 11.8. The van der Waals surface area contributed by atoms with Crippen LogP contribution in [0.3, 0.4) is 0 Å². The van der Waals surface area contributed by atoms with E-state index in [0.29, 0.717) is 17.4 Å². The van der Waals surface area contributed by atoms with Gasteiger partial charge in [0.1, 0.15) is 0 Å². The Bertz CT molecular complexity index is 880. The molecule has 2 aromatic carbocycles. The van der Waals surface area contributed by atoms with Gasteiger partial charge >= 0.3 is 5.97 Å². The Kier molecular flexibility index (Phi) is 4.25. The number of aromatic amines is 1. The second-order valence-electron chi connectivity index (χ2n) is 6.16. The van der Waals surface area contributed by atoms with Gasteiger partial charge in [-0.2, -0.15) is 0 Å². The first-order valence-electron chi connectivity index (χ1n) is 7.93. The van der Waals surface area contributed by atoms with Gasteiger partial charge in [0.25, 0.3) is 0 Å². The van der Waals surface area contributed by atoms with Crippen molar-refractivity contribution in [3.05, 3.63) is 53.1 Å². The van der Waals surface area contributed by atoms with Gasteiger partial charge in [0.05, 0.1) is 23.7 Å². The zero-order valence-corrected chi connectivity index (χ0v) is 14.3. The highest BCUT2D eigenvalue weighted by molar-refractivity contribution is 5.95. The summed E-state index contributed by atoms with van der Waals surface area (Å²) in [6.45, 7) is 6.22. The summed E-state index contributed by atoms with van der Waals surface area (Å²) in [5, 5.41) is 3.26. The van der Waals surface area contributed by atoms with Gasteiger partial charge in [0.2, 0.25) is 5.95 Å². The third kappa shape index (κ3) is 3.11. The monoisotopic (exact) mass is 323 g/mol. The molecule has 0 bridgehead atoms. The molecule has 0 amide bonds. The van der Waals surface area contributed by atoms with E-state index in [-0.39, 0.29) is 5.97 Å². The Morgan fingerprint density at radius 2 is 1.92 bits per heavy atom. The highest BCUT2D eigenvalue weighted by Gasteiger charge is 2.13. The van der Waals surface area contributed by atoms with Crippen LogP contribution in [0.2, 0.25) is 0 Å². The number of hydrogen-bond donors (Lipinski definition) is 2. The average molecular weight is 323 g/mol. The second-order valence-corrected chi connectivity index (χ2v) is 6.16. The van der Waals surface area contributed by atoms with Crippen LogP contribution >= 0.6 is 0 Å². The van der Waals surface area contributed by atoms with Crippen LogP contribution in [-0.2, 0) is 4.74 Å². The zero-order chi connectivity index (χ0) is 17.3. The third-order valence-electron chi connectivity index (χ3n) is 4.07. The normalized spacial score (nSPS) is 11.0. The number of esters is 1. The molecular weight excluding hydrogens is 302 g/mol. The summed E-state index contributed by atoms with van der Waals surface area (Å²) in [4.78, 5) is 19.5. The maximum Gasteiger partial charge on any atom is 0.338 e. The molecule has 0 aliphatic heterocycles. The first-order valence-corrected chi connectivity index (χ1v) is 7.93. The van der Waals surface area contributed by atoms with E-state index < -0.39 is 0 Å². The van der Waals surface area contributed by atoms with Gasteiger partial charge in [-0.15, -0.1) is 0 Å². The number of fused-ring (bicyclic) bond motifs is 1. The number of anilines is 2. The molecule has 0 radical (unpaired) electrons. The summed E-state index contributed by atoms with van der Waals surface area (Å²) in [7, 11) is 1.38. The van der Waals surface area contributed by atoms with Crippen molar-refractivity contribution in [1.29, 1.82) is 0 Å². The predicted octanol–water partition coefficient (Wildman–Crippen LogP) is 4.52. The first-order chi connectivity index (χ1) is 11.5. The molecule has 0 aliphatic carbocycles. The van der Waals surface area contributed by atoms with Crippen LogP contribution in [0.4, 0.5) is 11.6 Å². The molecule has 24 heavy (non-hydrogen) atoms. The molecule has 3 rings (SSSR count). The fraction of sp³-hybridized carbons (Fsp3) is 0.263. The predicted molar refractivity (Wildman–Crippen MR) is 96.0 cm³/mol. The Morgan fingerprint density at radius 1 is 1.21 bits per heavy atom. The van der Waals surface area contributed by atoms with E-state index in [1.165, 1.54) is 12.7 Å². The van der Waals surface area contributed by atoms with E-state index in [0.717, 1.165) is 22.3 Å². The van der Waals surface area contributed by atoms with Crippen molar-refractivity contribution in [2.75, 3.05) is 12.4 Å². The smallest absolute Gasteiger partial charge is 0.338 e. The van der Waals surface area contributed by atoms with E-state index in [1.807, 2.05) is 25.1 Å². The number of carbonyl (C=O) groups excluding carboxylic acids is 1. The summed E-state index contributed by atoms with van der Waals surface area (Å²) < 4.78 is 4.81. The summed E-state index contributed by atoms with van der Waals surface area (Å²) in [5.41, 5.74) is 5.24. The van der Waals surface area contributed by atoms with Gasteiger partial charge in [-0.05, 0) is 48.2 Å². The summed E-state index contributed by atoms with van der Waals surface area (Å²) in [6.07, 6.45) is 0. The maximum atomic E-state index is 11.8. The van der Waals surface area contributed by atoms with Gasteiger partial charge in [-0.3, -0.25) is 0 Å². The number of aryl methyl sites for hydroxylation is 1. The van der Waals surface area contributed by atoms with Crippen molar-refractivity contribution in [1.82, 2.24) is 9.97 Å². The summed E-state index contributed by atoms with van der Waals surface area (Å²) >= 11 is 0. The Balaban J connectivity index is 1.89. The van der Waals surface area contributed by atoms with Crippen molar-refractivity contribution in [2.24, 2.45) is 0 Å². The number of carbonyl (C=O) groups is 1. The number of nitrogens with one attached hydrogen (secondary N) is 2. The molecule has 0 fully saturated rings.